The van der Waals surface area contributed by atoms with Gasteiger partial charge in [-0.3, -0.25) is 0 Å². The first-order valence-electron chi connectivity index (χ1n) is 9.11. The maximum Gasteiger partial charge on any atom is 0.407 e. The van der Waals surface area contributed by atoms with Crippen molar-refractivity contribution in [2.45, 2.75) is 37.6 Å². The largest absolute Gasteiger partial charge is 0.489 e. The Labute approximate surface area is 192 Å². The molecule has 1 N–H and O–H groups in total. The summed E-state index contributed by atoms with van der Waals surface area (Å²) in [5.74, 6) is -0.603. The van der Waals surface area contributed by atoms with Gasteiger partial charge in [0.05, 0.1) is 15.9 Å². The molecule has 0 saturated heterocycles. The lowest BCUT2D eigenvalue weighted by Gasteiger charge is -2.28. The minimum Gasteiger partial charge on any atom is -0.489 e. The number of anilines is 1. The van der Waals surface area contributed by atoms with E-state index in [9.17, 15) is 17.6 Å². The summed E-state index contributed by atoms with van der Waals surface area (Å²) in [6.45, 7) is 5.35. The number of nitrogens with zero attached hydrogens (tertiary/aromatic N) is 3. The molecule has 1 amide bonds. The van der Waals surface area contributed by atoms with E-state index in [4.69, 9.17) is 21.1 Å². The number of halogens is 3. The van der Waals surface area contributed by atoms with Gasteiger partial charge in [0.2, 0.25) is 15.0 Å². The number of likely N-dealkylation sites (N-methyl/N-ethyl adjacent to an activating group) is 1. The van der Waals surface area contributed by atoms with E-state index in [1.54, 1.807) is 32.7 Å². The van der Waals surface area contributed by atoms with Gasteiger partial charge in [-0.25, -0.2) is 27.6 Å². The second kappa shape index (κ2) is 8.21. The van der Waals surface area contributed by atoms with Crippen molar-refractivity contribution in [2.75, 3.05) is 31.4 Å². The molecule has 1 aromatic heterocycles. The number of benzene rings is 1. The first-order chi connectivity index (χ1) is 14.2. The number of amides is 1. The zero-order valence-electron chi connectivity index (χ0n) is 17.4. The van der Waals surface area contributed by atoms with Crippen LogP contribution in [0.3, 0.4) is 0 Å². The highest BCUT2D eigenvalue weighted by atomic mass is 79.9. The highest BCUT2D eigenvalue weighted by Gasteiger charge is 2.32. The second-order valence-electron chi connectivity index (χ2n) is 8.06. The molecule has 1 aromatic carbocycles. The molecule has 0 spiro atoms. The minimum atomic E-state index is -3.85. The average molecular weight is 540 g/mol. The standard InChI is InChI=1S/C18H21BrClFN4O5S/c1-18(2,3)30-17(26)22-6-8-7-29-14-9-13(12(21)10(19)11(14)20)23-16(31(5,27)28)24-15(9)25(8)4/h8H,6-7H2,1-5H3,(H,22,26)/t8-/m0/s1. The first kappa shape index (κ1) is 23.7. The molecular weight excluding hydrogens is 519 g/mol. The minimum absolute atomic E-state index is 0.0314. The number of rotatable bonds is 3. The number of hydrogen-bond acceptors (Lipinski definition) is 8. The molecule has 0 unspecified atom stereocenters. The fraction of sp³-hybridized carbons (Fsp3) is 0.500. The molecule has 0 saturated carbocycles. The second-order valence-corrected chi connectivity index (χ2v) is 11.1. The third-order valence-corrected chi connectivity index (χ3v) is 6.58. The van der Waals surface area contributed by atoms with Crippen LogP contribution in [0.1, 0.15) is 20.8 Å². The fourth-order valence-corrected chi connectivity index (χ4v) is 4.05. The van der Waals surface area contributed by atoms with Crippen molar-refractivity contribution in [2.24, 2.45) is 0 Å². The van der Waals surface area contributed by atoms with E-state index in [1.807, 2.05) is 0 Å². The Balaban J connectivity index is 2.09. The molecule has 1 aliphatic heterocycles. The van der Waals surface area contributed by atoms with Gasteiger partial charge in [0, 0.05) is 19.8 Å². The van der Waals surface area contributed by atoms with Gasteiger partial charge in [0.25, 0.3) is 0 Å². The predicted molar refractivity (Wildman–Crippen MR) is 117 cm³/mol. The van der Waals surface area contributed by atoms with E-state index >= 15 is 0 Å². The van der Waals surface area contributed by atoms with Crippen LogP contribution in [0.5, 0.6) is 5.75 Å². The SMILES string of the molecule is CN1c2nc(S(C)(=O)=O)nc3c(F)c(Br)c(Cl)c(c23)OC[C@@H]1CNC(=O)OC(C)(C)C. The zero-order chi connectivity index (χ0) is 23.3. The van der Waals surface area contributed by atoms with Crippen molar-refractivity contribution in [3.05, 3.63) is 15.3 Å². The summed E-state index contributed by atoms with van der Waals surface area (Å²) in [7, 11) is -2.22. The van der Waals surface area contributed by atoms with Gasteiger partial charge in [-0.15, -0.1) is 0 Å². The summed E-state index contributed by atoms with van der Waals surface area (Å²) in [6, 6.07) is -0.497. The Morgan fingerprint density at radius 1 is 1.42 bits per heavy atom. The van der Waals surface area contributed by atoms with Crippen LogP contribution in [0.4, 0.5) is 15.0 Å². The van der Waals surface area contributed by atoms with E-state index < -0.39 is 38.5 Å². The van der Waals surface area contributed by atoms with Crippen LogP contribution in [0, 0.1) is 5.82 Å². The number of ether oxygens (including phenoxy) is 2. The smallest absolute Gasteiger partial charge is 0.407 e. The molecule has 3 rings (SSSR count). The Bertz CT molecular complexity index is 1170. The number of sulfone groups is 1. The molecule has 13 heteroatoms. The molecule has 2 heterocycles. The average Bonchev–Trinajstić information content (AvgIpc) is 2.78. The normalized spacial score (nSPS) is 16.6. The van der Waals surface area contributed by atoms with Crippen LogP contribution in [0.25, 0.3) is 10.9 Å². The summed E-state index contributed by atoms with van der Waals surface area (Å²) in [5.41, 5.74) is -0.920. The van der Waals surface area contributed by atoms with Crippen LogP contribution < -0.4 is 15.0 Å². The highest BCUT2D eigenvalue weighted by Crippen LogP contribution is 2.46. The van der Waals surface area contributed by atoms with E-state index in [0.29, 0.717) is 0 Å². The van der Waals surface area contributed by atoms with E-state index in [2.05, 4.69) is 31.2 Å². The van der Waals surface area contributed by atoms with Gasteiger partial charge in [-0.05, 0) is 36.7 Å². The Kier molecular flexibility index (Phi) is 6.29. The molecular formula is C18H21BrClFN4O5S. The summed E-state index contributed by atoms with van der Waals surface area (Å²) in [6.07, 6.45) is 0.304. The van der Waals surface area contributed by atoms with Crippen LogP contribution in [0.2, 0.25) is 5.02 Å². The number of aromatic nitrogens is 2. The highest BCUT2D eigenvalue weighted by molar-refractivity contribution is 9.10. The number of carbonyl (C=O) groups excluding carboxylic acids is 1. The van der Waals surface area contributed by atoms with Crippen molar-refractivity contribution in [1.82, 2.24) is 15.3 Å². The van der Waals surface area contributed by atoms with Gasteiger partial charge in [-0.1, -0.05) is 11.6 Å². The Morgan fingerprint density at radius 3 is 2.65 bits per heavy atom. The quantitative estimate of drug-likeness (QED) is 0.467. The number of hydrogen-bond donors (Lipinski definition) is 1. The molecule has 1 atom stereocenters. The van der Waals surface area contributed by atoms with E-state index in [-0.39, 0.29) is 45.1 Å². The third-order valence-electron chi connectivity index (χ3n) is 4.40. The number of alkyl carbamates (subject to hydrolysis) is 1. The predicted octanol–water partition coefficient (Wildman–Crippen LogP) is 3.31. The maximum atomic E-state index is 15.0. The van der Waals surface area contributed by atoms with Gasteiger partial charge in [-0.2, -0.15) is 0 Å². The molecule has 2 aromatic rings. The van der Waals surface area contributed by atoms with Crippen LogP contribution in [0.15, 0.2) is 9.63 Å². The van der Waals surface area contributed by atoms with Gasteiger partial charge >= 0.3 is 6.09 Å². The summed E-state index contributed by atoms with van der Waals surface area (Å²) < 4.78 is 50.2. The molecule has 31 heavy (non-hydrogen) atoms. The van der Waals surface area contributed by atoms with Crippen LogP contribution in [-0.2, 0) is 14.6 Å². The fourth-order valence-electron chi connectivity index (χ4n) is 2.94. The summed E-state index contributed by atoms with van der Waals surface area (Å²) >= 11 is 9.35. The lowest BCUT2D eigenvalue weighted by Crippen LogP contribution is -2.46. The maximum absolute atomic E-state index is 15.0. The third kappa shape index (κ3) is 4.80. The Hall–Kier alpha value is -1.92. The molecule has 0 fully saturated rings. The van der Waals surface area contributed by atoms with Crippen LogP contribution >= 0.6 is 27.5 Å². The van der Waals surface area contributed by atoms with E-state index in [1.165, 1.54) is 0 Å². The van der Waals surface area contributed by atoms with Gasteiger partial charge in [0.15, 0.2) is 11.6 Å². The van der Waals surface area contributed by atoms with Gasteiger partial charge in [0.1, 0.15) is 28.6 Å². The lowest BCUT2D eigenvalue weighted by molar-refractivity contribution is 0.0522. The molecule has 0 bridgehead atoms. The molecule has 9 nitrogen and oxygen atoms in total. The summed E-state index contributed by atoms with van der Waals surface area (Å²) in [4.78, 5) is 21.7. The van der Waals surface area contributed by atoms with Crippen molar-refractivity contribution < 1.29 is 27.1 Å². The monoisotopic (exact) mass is 538 g/mol. The summed E-state index contributed by atoms with van der Waals surface area (Å²) in [5, 5.41) is 2.22. The number of carbonyl (C=O) groups is 1. The Morgan fingerprint density at radius 2 is 2.06 bits per heavy atom. The van der Waals surface area contributed by atoms with Crippen LogP contribution in [-0.4, -0.2) is 62.6 Å². The van der Waals surface area contributed by atoms with Crippen molar-refractivity contribution in [1.29, 1.82) is 0 Å². The molecule has 170 valence electrons. The topological polar surface area (TPSA) is 111 Å². The first-order valence-corrected chi connectivity index (χ1v) is 12.2. The van der Waals surface area contributed by atoms with Crippen molar-refractivity contribution in [3.8, 4) is 5.75 Å². The molecule has 1 aliphatic rings. The lowest BCUT2D eigenvalue weighted by atomic mass is 10.2. The zero-order valence-corrected chi connectivity index (χ0v) is 20.6. The molecule has 0 radical (unpaired) electrons. The van der Waals surface area contributed by atoms with Crippen molar-refractivity contribution in [3.63, 3.8) is 0 Å². The number of nitrogens with one attached hydrogen (secondary N) is 1. The molecule has 0 aliphatic carbocycles. The van der Waals surface area contributed by atoms with Crippen molar-refractivity contribution >= 4 is 60.2 Å². The van der Waals surface area contributed by atoms with Gasteiger partial charge < -0.3 is 19.7 Å². The van der Waals surface area contributed by atoms with E-state index in [0.717, 1.165) is 6.26 Å².